The van der Waals surface area contributed by atoms with Gasteiger partial charge in [-0.15, -0.1) is 0 Å². The number of carbonyl (C=O) groups is 1. The Hall–Kier alpha value is -2.25. The average Bonchev–Trinajstić information content (AvgIpc) is 2.62. The van der Waals surface area contributed by atoms with Gasteiger partial charge in [-0.2, -0.15) is 5.10 Å². The van der Waals surface area contributed by atoms with Gasteiger partial charge >= 0.3 is 0 Å². The molecule has 0 bridgehead atoms. The number of benzene rings is 1. The van der Waals surface area contributed by atoms with E-state index in [-0.39, 0.29) is 34.9 Å². The quantitative estimate of drug-likeness (QED) is 0.881. The summed E-state index contributed by atoms with van der Waals surface area (Å²) < 4.78 is 7.02. The zero-order chi connectivity index (χ0) is 19.8. The summed E-state index contributed by atoms with van der Waals surface area (Å²) in [5.41, 5.74) is -0.163. The third-order valence-corrected chi connectivity index (χ3v) is 5.13. The second kappa shape index (κ2) is 7.40. The molecule has 0 radical (unpaired) electrons. The number of fused-ring (bicyclic) bond motifs is 1. The maximum absolute atomic E-state index is 12.8. The number of hydrogen-bond donors (Lipinski definition) is 1. The normalized spacial score (nSPS) is 21.4. The largest absolute Gasteiger partial charge is 0.373 e. The maximum Gasteiger partial charge on any atom is 0.274 e. The summed E-state index contributed by atoms with van der Waals surface area (Å²) in [6.45, 7) is 10.5. The van der Waals surface area contributed by atoms with Crippen LogP contribution in [0.4, 0.5) is 0 Å². The molecule has 2 heterocycles. The van der Waals surface area contributed by atoms with Gasteiger partial charge in [0.1, 0.15) is 0 Å². The molecular weight excluding hydrogens is 344 g/mol. The fourth-order valence-corrected chi connectivity index (χ4v) is 3.63. The Balaban J connectivity index is 1.79. The lowest BCUT2D eigenvalue weighted by Gasteiger charge is -2.45. The van der Waals surface area contributed by atoms with Gasteiger partial charge in [0, 0.05) is 37.6 Å². The fourth-order valence-electron chi connectivity index (χ4n) is 3.63. The van der Waals surface area contributed by atoms with Crippen LogP contribution in [0.2, 0.25) is 0 Å². The molecule has 0 unspecified atom stereocenters. The lowest BCUT2D eigenvalue weighted by atomic mass is 10.00. The van der Waals surface area contributed by atoms with Crippen molar-refractivity contribution in [3.05, 3.63) is 40.3 Å². The molecule has 1 aliphatic rings. The molecule has 1 aliphatic heterocycles. The number of aryl methyl sites for hydroxylation is 1. The van der Waals surface area contributed by atoms with Crippen LogP contribution in [0.3, 0.4) is 0 Å². The highest BCUT2D eigenvalue weighted by atomic mass is 16.5. The topological polar surface area (TPSA) is 76.5 Å². The molecule has 0 saturated carbocycles. The molecule has 146 valence electrons. The third kappa shape index (κ3) is 4.04. The molecule has 3 rings (SSSR count). The molecule has 7 heteroatoms. The zero-order valence-electron chi connectivity index (χ0n) is 16.7. The van der Waals surface area contributed by atoms with Gasteiger partial charge in [-0.1, -0.05) is 18.2 Å². The monoisotopic (exact) mass is 372 g/mol. The van der Waals surface area contributed by atoms with Crippen LogP contribution in [-0.4, -0.2) is 58.0 Å². The van der Waals surface area contributed by atoms with Gasteiger partial charge in [-0.3, -0.25) is 14.5 Å². The van der Waals surface area contributed by atoms with E-state index in [1.807, 2.05) is 0 Å². The lowest BCUT2D eigenvalue weighted by Crippen LogP contribution is -2.58. The van der Waals surface area contributed by atoms with Crippen molar-refractivity contribution in [3.8, 4) is 0 Å². The van der Waals surface area contributed by atoms with Crippen LogP contribution in [0.25, 0.3) is 10.8 Å². The maximum atomic E-state index is 12.8. The van der Waals surface area contributed by atoms with Gasteiger partial charge < -0.3 is 10.1 Å². The van der Waals surface area contributed by atoms with Gasteiger partial charge in [0.25, 0.3) is 11.5 Å². The summed E-state index contributed by atoms with van der Waals surface area (Å²) in [7, 11) is 1.56. The smallest absolute Gasteiger partial charge is 0.274 e. The number of amides is 1. The highest BCUT2D eigenvalue weighted by Crippen LogP contribution is 2.21. The van der Waals surface area contributed by atoms with E-state index in [1.165, 1.54) is 4.68 Å². The Bertz CT molecular complexity index is 896. The van der Waals surface area contributed by atoms with Crippen molar-refractivity contribution in [1.82, 2.24) is 20.0 Å². The first-order valence-corrected chi connectivity index (χ1v) is 9.34. The molecule has 1 aromatic carbocycles. The van der Waals surface area contributed by atoms with E-state index in [0.29, 0.717) is 17.3 Å². The van der Waals surface area contributed by atoms with E-state index in [9.17, 15) is 9.59 Å². The van der Waals surface area contributed by atoms with Crippen LogP contribution in [0.5, 0.6) is 0 Å². The van der Waals surface area contributed by atoms with E-state index in [2.05, 4.69) is 43.0 Å². The molecule has 0 aliphatic carbocycles. The molecule has 2 aromatic rings. The molecule has 1 N–H and O–H groups in total. The third-order valence-electron chi connectivity index (χ3n) is 5.13. The lowest BCUT2D eigenvalue weighted by molar-refractivity contribution is -0.0948. The van der Waals surface area contributed by atoms with Crippen molar-refractivity contribution in [2.24, 2.45) is 7.05 Å². The van der Waals surface area contributed by atoms with Gasteiger partial charge in [0.15, 0.2) is 5.69 Å². The number of rotatable bonds is 4. The van der Waals surface area contributed by atoms with E-state index in [1.54, 1.807) is 31.3 Å². The first kappa shape index (κ1) is 19.5. The van der Waals surface area contributed by atoms with Crippen molar-refractivity contribution in [1.29, 1.82) is 0 Å². The Morgan fingerprint density at radius 3 is 2.44 bits per heavy atom. The van der Waals surface area contributed by atoms with Gasteiger partial charge in [0.2, 0.25) is 0 Å². The molecule has 27 heavy (non-hydrogen) atoms. The average molecular weight is 372 g/mol. The van der Waals surface area contributed by atoms with Crippen molar-refractivity contribution < 1.29 is 9.53 Å². The van der Waals surface area contributed by atoms with Crippen LogP contribution >= 0.6 is 0 Å². The molecule has 7 nitrogen and oxygen atoms in total. The van der Waals surface area contributed by atoms with Gasteiger partial charge in [0.05, 0.1) is 17.6 Å². The summed E-state index contributed by atoms with van der Waals surface area (Å²) >= 11 is 0. The summed E-state index contributed by atoms with van der Waals surface area (Å²) in [6.07, 6.45) is 0.330. The zero-order valence-corrected chi connectivity index (χ0v) is 16.7. The number of nitrogens with one attached hydrogen (secondary N) is 1. The van der Waals surface area contributed by atoms with Crippen molar-refractivity contribution in [3.63, 3.8) is 0 Å². The van der Waals surface area contributed by atoms with Crippen LogP contribution < -0.4 is 10.9 Å². The predicted molar refractivity (Wildman–Crippen MR) is 105 cm³/mol. The number of nitrogens with zero attached hydrogens (tertiary/aromatic N) is 3. The summed E-state index contributed by atoms with van der Waals surface area (Å²) in [5, 5.41) is 8.27. The van der Waals surface area contributed by atoms with Crippen molar-refractivity contribution >= 4 is 16.7 Å². The summed E-state index contributed by atoms with van der Waals surface area (Å²) in [4.78, 5) is 27.4. The van der Waals surface area contributed by atoms with Crippen LogP contribution in [-0.2, 0) is 11.8 Å². The minimum Gasteiger partial charge on any atom is -0.373 e. The molecule has 1 saturated heterocycles. The number of ether oxygens (including phenoxy) is 1. The minimum atomic E-state index is -0.274. The SMILES string of the molecule is C[C@H]1CN(C(C)(C)CNC(=O)c2nn(C)c(=O)c3ccccc23)C[C@H](C)O1. The summed E-state index contributed by atoms with van der Waals surface area (Å²) in [6, 6.07) is 7.07. The molecule has 1 amide bonds. The van der Waals surface area contributed by atoms with Crippen LogP contribution in [0.15, 0.2) is 29.1 Å². The Labute approximate surface area is 159 Å². The minimum absolute atomic E-state index is 0.165. The van der Waals surface area contributed by atoms with Gasteiger partial charge in [-0.25, -0.2) is 4.68 Å². The Morgan fingerprint density at radius 1 is 1.22 bits per heavy atom. The first-order chi connectivity index (χ1) is 12.7. The molecular formula is C20H28N4O3. The number of aromatic nitrogens is 2. The van der Waals surface area contributed by atoms with Crippen LogP contribution in [0.1, 0.15) is 38.2 Å². The first-order valence-electron chi connectivity index (χ1n) is 9.34. The Morgan fingerprint density at radius 2 is 1.81 bits per heavy atom. The molecule has 2 atom stereocenters. The predicted octanol–water partition coefficient (Wildman–Crippen LogP) is 1.55. The van der Waals surface area contributed by atoms with E-state index >= 15 is 0 Å². The number of hydrogen-bond acceptors (Lipinski definition) is 5. The second-order valence-corrected chi connectivity index (χ2v) is 7.98. The second-order valence-electron chi connectivity index (χ2n) is 7.98. The molecule has 0 spiro atoms. The molecule has 1 fully saturated rings. The standard InChI is InChI=1S/C20H28N4O3/c1-13-10-24(11-14(2)27-13)20(3,4)12-21-18(25)17-15-8-6-7-9-16(15)19(26)23(5)22-17/h6-9,13-14H,10-12H2,1-5H3,(H,21,25)/t13-,14-/m0/s1. The summed E-state index contributed by atoms with van der Waals surface area (Å²) in [5.74, 6) is -0.274. The van der Waals surface area contributed by atoms with E-state index < -0.39 is 0 Å². The van der Waals surface area contributed by atoms with Crippen molar-refractivity contribution in [2.45, 2.75) is 45.4 Å². The van der Waals surface area contributed by atoms with E-state index in [0.717, 1.165) is 13.1 Å². The van der Waals surface area contributed by atoms with Crippen LogP contribution in [0, 0.1) is 0 Å². The highest BCUT2D eigenvalue weighted by molar-refractivity contribution is 6.04. The number of carbonyl (C=O) groups excluding carboxylic acids is 1. The molecule has 1 aromatic heterocycles. The van der Waals surface area contributed by atoms with Crippen molar-refractivity contribution in [2.75, 3.05) is 19.6 Å². The fraction of sp³-hybridized carbons (Fsp3) is 0.550. The van der Waals surface area contributed by atoms with Gasteiger partial charge in [-0.05, 0) is 33.8 Å². The highest BCUT2D eigenvalue weighted by Gasteiger charge is 2.33. The van der Waals surface area contributed by atoms with E-state index in [4.69, 9.17) is 4.74 Å². The number of morpholine rings is 1. The Kier molecular flexibility index (Phi) is 5.35.